The quantitative estimate of drug-likeness (QED) is 0.445. The number of nitro groups is 1. The van der Waals surface area contributed by atoms with Crippen molar-refractivity contribution in [3.05, 3.63) is 46.5 Å². The number of nitrogens with one attached hydrogen (secondary N) is 2. The lowest BCUT2D eigenvalue weighted by molar-refractivity contribution is -0.384. The molecule has 2 N–H and O–H groups in total. The van der Waals surface area contributed by atoms with Gasteiger partial charge in [-0.3, -0.25) is 20.0 Å². The minimum Gasteiger partial charge on any atom is -0.366 e. The largest absolute Gasteiger partial charge is 0.366 e. The Kier molecular flexibility index (Phi) is 7.02. The van der Waals surface area contributed by atoms with Gasteiger partial charge in [0.25, 0.3) is 0 Å². The third kappa shape index (κ3) is 5.22. The van der Waals surface area contributed by atoms with Gasteiger partial charge in [0.15, 0.2) is 0 Å². The molecule has 2 aliphatic heterocycles. The van der Waals surface area contributed by atoms with Crippen molar-refractivity contribution in [3.8, 4) is 0 Å². The van der Waals surface area contributed by atoms with Crippen LogP contribution in [0.4, 0.5) is 33.1 Å². The number of benzene rings is 1. The summed E-state index contributed by atoms with van der Waals surface area (Å²) in [5.41, 5.74) is 1.51. The summed E-state index contributed by atoms with van der Waals surface area (Å²) in [5, 5.41) is 18.0. The van der Waals surface area contributed by atoms with Gasteiger partial charge in [-0.25, -0.2) is 9.37 Å². The van der Waals surface area contributed by atoms with Crippen molar-refractivity contribution in [2.24, 2.45) is 4.99 Å². The summed E-state index contributed by atoms with van der Waals surface area (Å²) in [5.74, 6) is 0.718. The van der Waals surface area contributed by atoms with Crippen LogP contribution in [0.2, 0.25) is 0 Å². The molecule has 0 amide bonds. The Balaban J connectivity index is 1.51. The number of rotatable bonds is 8. The number of piperidine rings is 1. The van der Waals surface area contributed by atoms with Crippen LogP contribution in [0.5, 0.6) is 0 Å². The van der Waals surface area contributed by atoms with Gasteiger partial charge in [-0.2, -0.15) is 0 Å². The van der Waals surface area contributed by atoms with Gasteiger partial charge >= 0.3 is 5.69 Å². The molecule has 1 saturated heterocycles. The van der Waals surface area contributed by atoms with Gasteiger partial charge in [0.1, 0.15) is 12.0 Å². The molecule has 3 atom stereocenters. The Bertz CT molecular complexity index is 993. The number of hydrogen-bond donors (Lipinski definition) is 2. The second-order valence-electron chi connectivity index (χ2n) is 8.43. The molecule has 0 spiro atoms. The molecule has 3 heterocycles. The van der Waals surface area contributed by atoms with E-state index in [1.807, 2.05) is 37.4 Å². The third-order valence-corrected chi connectivity index (χ3v) is 6.28. The van der Waals surface area contributed by atoms with Crippen LogP contribution in [-0.4, -0.2) is 59.2 Å². The summed E-state index contributed by atoms with van der Waals surface area (Å²) in [4.78, 5) is 24.1. The van der Waals surface area contributed by atoms with E-state index in [4.69, 9.17) is 0 Å². The van der Waals surface area contributed by atoms with Gasteiger partial charge in [-0.05, 0) is 56.5 Å². The Hall–Kier alpha value is -3.27. The highest BCUT2D eigenvalue weighted by atomic mass is 19.1. The molecule has 2 aliphatic rings. The highest BCUT2D eigenvalue weighted by molar-refractivity contribution is 5.69. The number of anilines is 4. The average molecular weight is 456 g/mol. The fraction of sp³-hybridized carbons (Fsp3) is 0.478. The molecule has 2 aromatic rings. The summed E-state index contributed by atoms with van der Waals surface area (Å²) in [7, 11) is 0. The maximum atomic E-state index is 14.1. The zero-order valence-corrected chi connectivity index (χ0v) is 18.9. The Labute approximate surface area is 192 Å². The molecule has 10 heteroatoms. The maximum Gasteiger partial charge on any atom is 0.311 e. The third-order valence-electron chi connectivity index (χ3n) is 6.28. The molecule has 0 aliphatic carbocycles. The molecule has 1 aromatic heterocycles. The first-order valence-corrected chi connectivity index (χ1v) is 11.4. The monoisotopic (exact) mass is 455 g/mol. The lowest BCUT2D eigenvalue weighted by Gasteiger charge is -2.37. The number of hydrogen-bond acceptors (Lipinski definition) is 8. The minimum absolute atomic E-state index is 0.0273. The summed E-state index contributed by atoms with van der Waals surface area (Å²) in [6.45, 7) is 6.16. The van der Waals surface area contributed by atoms with Crippen LogP contribution in [0.1, 0.15) is 33.1 Å². The average Bonchev–Trinajstić information content (AvgIpc) is 3.35. The van der Waals surface area contributed by atoms with E-state index in [1.165, 1.54) is 6.07 Å². The summed E-state index contributed by atoms with van der Waals surface area (Å²) in [6.07, 6.45) is 3.32. The summed E-state index contributed by atoms with van der Waals surface area (Å²) < 4.78 is 14.1. The fourth-order valence-electron chi connectivity index (χ4n) is 4.34. The van der Waals surface area contributed by atoms with Crippen LogP contribution in [-0.2, 0) is 0 Å². The molecule has 4 rings (SSSR count). The predicted molar refractivity (Wildman–Crippen MR) is 129 cm³/mol. The zero-order chi connectivity index (χ0) is 23.4. The van der Waals surface area contributed by atoms with Crippen molar-refractivity contribution in [1.82, 2.24) is 9.88 Å². The molecular weight excluding hydrogens is 425 g/mol. The minimum atomic E-state index is -0.835. The number of nitrogens with zero attached hydrogens (tertiary/aromatic N) is 5. The van der Waals surface area contributed by atoms with Crippen LogP contribution in [0.3, 0.4) is 0 Å². The molecule has 33 heavy (non-hydrogen) atoms. The van der Waals surface area contributed by atoms with Crippen molar-refractivity contribution >= 4 is 34.9 Å². The van der Waals surface area contributed by atoms with Crippen LogP contribution >= 0.6 is 0 Å². The van der Waals surface area contributed by atoms with Crippen LogP contribution in [0.15, 0.2) is 41.4 Å². The van der Waals surface area contributed by atoms with Crippen molar-refractivity contribution in [1.29, 1.82) is 0 Å². The first-order chi connectivity index (χ1) is 16.0. The lowest BCUT2D eigenvalue weighted by atomic mass is 10.0. The smallest absolute Gasteiger partial charge is 0.311 e. The van der Waals surface area contributed by atoms with E-state index < -0.39 is 11.1 Å². The molecule has 0 radical (unpaired) electrons. The standard InChI is InChI=1S/C23H30FN7O2/c1-3-22(29-14-12-25-15-29)27-21-11-10-20(31(32)33)23(28-21)26-17-6-8-18(9-7-17)30-13-4-5-19(24)16(30)2/h6-12,16,19,22H,3-5,13-15H2,1-2H3,(H2,26,27,28). The van der Waals surface area contributed by atoms with Crippen LogP contribution < -0.4 is 15.5 Å². The second-order valence-corrected chi connectivity index (χ2v) is 8.43. The number of aliphatic imine (C=N–C) groups is 1. The van der Waals surface area contributed by atoms with Gasteiger partial charge < -0.3 is 15.5 Å². The molecule has 176 valence electrons. The highest BCUT2D eigenvalue weighted by Gasteiger charge is 2.28. The summed E-state index contributed by atoms with van der Waals surface area (Å²) in [6, 6.07) is 10.4. The molecule has 9 nitrogen and oxygen atoms in total. The molecule has 0 bridgehead atoms. The molecule has 1 fully saturated rings. The van der Waals surface area contributed by atoms with Gasteiger partial charge in [0.05, 0.1) is 23.8 Å². The van der Waals surface area contributed by atoms with E-state index in [0.717, 1.165) is 31.6 Å². The SMILES string of the molecule is CCC(Nc1ccc([N+](=O)[O-])c(Nc2ccc(N3CCCC(F)C3C)cc2)n1)N1CC=NC1. The van der Waals surface area contributed by atoms with Gasteiger partial charge in [0, 0.05) is 36.7 Å². The molecule has 0 saturated carbocycles. The number of halogens is 1. The predicted octanol–water partition coefficient (Wildman–Crippen LogP) is 4.55. The van der Waals surface area contributed by atoms with E-state index in [1.54, 1.807) is 6.07 Å². The topological polar surface area (TPSA) is 98.9 Å². The first kappa shape index (κ1) is 22.9. The van der Waals surface area contributed by atoms with Crippen LogP contribution in [0, 0.1) is 10.1 Å². The fourth-order valence-corrected chi connectivity index (χ4v) is 4.34. The first-order valence-electron chi connectivity index (χ1n) is 11.4. The summed E-state index contributed by atoms with van der Waals surface area (Å²) >= 11 is 0. The van der Waals surface area contributed by atoms with Crippen molar-refractivity contribution < 1.29 is 9.31 Å². The van der Waals surface area contributed by atoms with E-state index in [9.17, 15) is 14.5 Å². The number of alkyl halides is 1. The van der Waals surface area contributed by atoms with Gasteiger partial charge in [0.2, 0.25) is 5.82 Å². The Morgan fingerprint density at radius 1 is 1.27 bits per heavy atom. The maximum absolute atomic E-state index is 14.1. The van der Waals surface area contributed by atoms with Gasteiger partial charge in [-0.15, -0.1) is 0 Å². The van der Waals surface area contributed by atoms with E-state index in [0.29, 0.717) is 24.6 Å². The molecular formula is C23H30FN7O2. The normalized spacial score (nSPS) is 21.7. The van der Waals surface area contributed by atoms with Crippen molar-refractivity contribution in [3.63, 3.8) is 0 Å². The van der Waals surface area contributed by atoms with Crippen molar-refractivity contribution in [2.45, 2.75) is 51.5 Å². The Morgan fingerprint density at radius 2 is 2.06 bits per heavy atom. The van der Waals surface area contributed by atoms with E-state index in [2.05, 4.69) is 37.3 Å². The van der Waals surface area contributed by atoms with Gasteiger partial charge in [-0.1, -0.05) is 6.92 Å². The Morgan fingerprint density at radius 3 is 2.73 bits per heavy atom. The van der Waals surface area contributed by atoms with E-state index >= 15 is 0 Å². The zero-order valence-electron chi connectivity index (χ0n) is 18.9. The number of pyridine rings is 1. The number of aromatic nitrogens is 1. The second kappa shape index (κ2) is 10.1. The van der Waals surface area contributed by atoms with Crippen molar-refractivity contribution in [2.75, 3.05) is 35.3 Å². The molecule has 3 unspecified atom stereocenters. The molecule has 1 aromatic carbocycles. The highest BCUT2D eigenvalue weighted by Crippen LogP contribution is 2.31. The van der Waals surface area contributed by atoms with E-state index in [-0.39, 0.29) is 23.7 Å². The van der Waals surface area contributed by atoms with Crippen LogP contribution in [0.25, 0.3) is 0 Å². The lowest BCUT2D eigenvalue weighted by Crippen LogP contribution is -2.44.